The maximum Gasteiger partial charge on any atom is 0.280 e. The van der Waals surface area contributed by atoms with Gasteiger partial charge in [0.15, 0.2) is 0 Å². The predicted molar refractivity (Wildman–Crippen MR) is 75.7 cm³/mol. The van der Waals surface area contributed by atoms with Crippen LogP contribution in [0.15, 0.2) is 36.4 Å². The van der Waals surface area contributed by atoms with E-state index in [-0.39, 0.29) is 0 Å². The van der Waals surface area contributed by atoms with E-state index < -0.39 is 0 Å². The van der Waals surface area contributed by atoms with Crippen LogP contribution >= 0.6 is 22.7 Å². The molecule has 0 amide bonds. The molecular weight excluding hydrogens is 246 g/mol. The van der Waals surface area contributed by atoms with Crippen molar-refractivity contribution in [1.29, 1.82) is 0 Å². The molecule has 86 valence electrons. The van der Waals surface area contributed by atoms with Gasteiger partial charge < -0.3 is 0 Å². The Kier molecular flexibility index (Phi) is 2.73. The largest absolute Gasteiger partial charge is 0.280 e. The van der Waals surface area contributed by atoms with Crippen LogP contribution in [0.3, 0.4) is 0 Å². The number of thiophene rings is 1. The lowest BCUT2D eigenvalue weighted by Crippen LogP contribution is -2.32. The zero-order chi connectivity index (χ0) is 11.8. The van der Waals surface area contributed by atoms with E-state index in [9.17, 15) is 0 Å². The van der Waals surface area contributed by atoms with Crippen LogP contribution in [0, 0.1) is 6.92 Å². The first-order chi connectivity index (χ1) is 8.29. The third-order valence-electron chi connectivity index (χ3n) is 2.88. The predicted octanol–water partition coefficient (Wildman–Crippen LogP) is 4.25. The lowest BCUT2D eigenvalue weighted by atomic mass is 10.3. The molecule has 0 atom stereocenters. The Labute approximate surface area is 109 Å². The van der Waals surface area contributed by atoms with Crippen LogP contribution in [0.25, 0.3) is 20.1 Å². The van der Waals surface area contributed by atoms with E-state index in [0.29, 0.717) is 0 Å². The van der Waals surface area contributed by atoms with Crippen molar-refractivity contribution in [1.82, 2.24) is 0 Å². The summed E-state index contributed by atoms with van der Waals surface area (Å²) < 4.78 is 3.78. The molecule has 0 saturated carbocycles. The standard InChI is InChI=1S/C14H14NS2/c1-3-15-11-6-4-5-7-12(11)17-14(15)13-9-8-10(2)16-13/h4-9H,3H2,1-2H3/q+1. The molecule has 3 aromatic rings. The number of aryl methyl sites for hydroxylation is 2. The van der Waals surface area contributed by atoms with E-state index in [1.54, 1.807) is 0 Å². The van der Waals surface area contributed by atoms with Crippen LogP contribution in [-0.4, -0.2) is 0 Å². The second-order valence-electron chi connectivity index (χ2n) is 4.03. The topological polar surface area (TPSA) is 3.88 Å². The Bertz CT molecular complexity index is 664. The van der Waals surface area contributed by atoms with Crippen LogP contribution < -0.4 is 4.57 Å². The molecule has 0 unspecified atom stereocenters. The first kappa shape index (κ1) is 10.9. The fourth-order valence-corrected chi connectivity index (χ4v) is 4.29. The van der Waals surface area contributed by atoms with E-state index in [1.807, 2.05) is 22.7 Å². The Balaban J connectivity index is 2.29. The summed E-state index contributed by atoms with van der Waals surface area (Å²) >= 11 is 3.76. The molecule has 0 radical (unpaired) electrons. The highest BCUT2D eigenvalue weighted by atomic mass is 32.1. The molecular formula is C14H14NS2+. The molecule has 17 heavy (non-hydrogen) atoms. The van der Waals surface area contributed by atoms with E-state index >= 15 is 0 Å². The van der Waals surface area contributed by atoms with Gasteiger partial charge in [0.1, 0.15) is 16.1 Å². The Morgan fingerprint density at radius 3 is 2.59 bits per heavy atom. The summed E-state index contributed by atoms with van der Waals surface area (Å²) in [4.78, 5) is 2.76. The highest BCUT2D eigenvalue weighted by Gasteiger charge is 2.21. The fourth-order valence-electron chi connectivity index (χ4n) is 2.08. The van der Waals surface area contributed by atoms with Crippen LogP contribution in [0.5, 0.6) is 0 Å². The van der Waals surface area contributed by atoms with Crippen molar-refractivity contribution in [3.8, 4) is 9.88 Å². The maximum absolute atomic E-state index is 2.41. The molecule has 0 fully saturated rings. The van der Waals surface area contributed by atoms with E-state index in [4.69, 9.17) is 0 Å². The Morgan fingerprint density at radius 1 is 1.06 bits per heavy atom. The maximum atomic E-state index is 2.41. The summed E-state index contributed by atoms with van der Waals surface area (Å²) in [5.74, 6) is 0. The van der Waals surface area contributed by atoms with Gasteiger partial charge in [-0.15, -0.1) is 11.3 Å². The first-order valence-corrected chi connectivity index (χ1v) is 7.41. The lowest BCUT2D eigenvalue weighted by Gasteiger charge is -1.92. The zero-order valence-electron chi connectivity index (χ0n) is 9.93. The number of thiazole rings is 1. The average Bonchev–Trinajstić information content (AvgIpc) is 2.91. The molecule has 0 N–H and O–H groups in total. The molecule has 3 heteroatoms. The van der Waals surface area contributed by atoms with Gasteiger partial charge in [-0.3, -0.25) is 0 Å². The van der Waals surface area contributed by atoms with Crippen molar-refractivity contribution in [3.05, 3.63) is 41.3 Å². The van der Waals surface area contributed by atoms with Gasteiger partial charge in [0.2, 0.25) is 5.52 Å². The van der Waals surface area contributed by atoms with Crippen molar-refractivity contribution in [2.24, 2.45) is 0 Å². The molecule has 0 spiro atoms. The average molecular weight is 260 g/mol. The van der Waals surface area contributed by atoms with Gasteiger partial charge in [0, 0.05) is 10.9 Å². The van der Waals surface area contributed by atoms with Gasteiger partial charge in [0.05, 0.1) is 0 Å². The molecule has 2 heterocycles. The highest BCUT2D eigenvalue weighted by molar-refractivity contribution is 7.25. The summed E-state index contributed by atoms with van der Waals surface area (Å²) in [6, 6.07) is 13.1. The third kappa shape index (κ3) is 1.79. The molecule has 2 aromatic heterocycles. The number of para-hydroxylation sites is 1. The molecule has 3 rings (SSSR count). The molecule has 0 aliphatic carbocycles. The van der Waals surface area contributed by atoms with Gasteiger partial charge in [-0.05, 0) is 32.0 Å². The summed E-state index contributed by atoms with van der Waals surface area (Å²) in [7, 11) is 0. The number of benzene rings is 1. The number of hydrogen-bond donors (Lipinski definition) is 0. The van der Waals surface area contributed by atoms with E-state index in [2.05, 4.69) is 54.8 Å². The van der Waals surface area contributed by atoms with Crippen LogP contribution in [0.4, 0.5) is 0 Å². The van der Waals surface area contributed by atoms with Crippen molar-refractivity contribution in [3.63, 3.8) is 0 Å². The molecule has 0 saturated heterocycles. The van der Waals surface area contributed by atoms with Crippen molar-refractivity contribution >= 4 is 32.9 Å². The van der Waals surface area contributed by atoms with Crippen LogP contribution in [-0.2, 0) is 6.54 Å². The SMILES string of the molecule is CC[n+]1c(-c2ccc(C)s2)sc2ccccc21. The van der Waals surface area contributed by atoms with Gasteiger partial charge in [0.25, 0.3) is 5.01 Å². The third-order valence-corrected chi connectivity index (χ3v) is 5.21. The van der Waals surface area contributed by atoms with Crippen molar-refractivity contribution < 1.29 is 4.57 Å². The number of hydrogen-bond acceptors (Lipinski definition) is 2. The summed E-state index contributed by atoms with van der Waals surface area (Å²) in [5.41, 5.74) is 1.35. The Morgan fingerprint density at radius 2 is 1.88 bits per heavy atom. The normalized spacial score (nSPS) is 11.2. The van der Waals surface area contributed by atoms with Crippen LogP contribution in [0.1, 0.15) is 11.8 Å². The number of nitrogens with zero attached hydrogens (tertiary/aromatic N) is 1. The zero-order valence-corrected chi connectivity index (χ0v) is 11.6. The van der Waals surface area contributed by atoms with Gasteiger partial charge in [-0.25, -0.2) is 0 Å². The summed E-state index contributed by atoms with van der Waals surface area (Å²) in [6.45, 7) is 5.40. The second kappa shape index (κ2) is 4.24. The second-order valence-corrected chi connectivity index (χ2v) is 6.35. The van der Waals surface area contributed by atoms with Crippen molar-refractivity contribution in [2.45, 2.75) is 20.4 Å². The van der Waals surface area contributed by atoms with Gasteiger partial charge in [-0.2, -0.15) is 4.57 Å². The van der Waals surface area contributed by atoms with E-state index in [0.717, 1.165) is 6.54 Å². The lowest BCUT2D eigenvalue weighted by molar-refractivity contribution is -0.652. The smallest absolute Gasteiger partial charge is 0.181 e. The first-order valence-electron chi connectivity index (χ1n) is 5.78. The number of rotatable bonds is 2. The molecule has 1 aromatic carbocycles. The fraction of sp³-hybridized carbons (Fsp3) is 0.214. The van der Waals surface area contributed by atoms with E-state index in [1.165, 1.54) is 25.0 Å². The minimum Gasteiger partial charge on any atom is -0.181 e. The quantitative estimate of drug-likeness (QED) is 0.607. The van der Waals surface area contributed by atoms with Crippen molar-refractivity contribution in [2.75, 3.05) is 0 Å². The minimum absolute atomic E-state index is 1.02. The summed E-state index contributed by atoms with van der Waals surface area (Å²) in [6.07, 6.45) is 0. The number of aromatic nitrogens is 1. The van der Waals surface area contributed by atoms with Gasteiger partial charge in [-0.1, -0.05) is 23.5 Å². The van der Waals surface area contributed by atoms with Gasteiger partial charge >= 0.3 is 0 Å². The summed E-state index contributed by atoms with van der Waals surface area (Å²) in [5, 5.41) is 1.38. The van der Waals surface area contributed by atoms with Crippen LogP contribution in [0.2, 0.25) is 0 Å². The monoisotopic (exact) mass is 260 g/mol. The Hall–Kier alpha value is -1.19. The molecule has 0 aliphatic heterocycles. The molecule has 0 aliphatic rings. The molecule has 0 bridgehead atoms. The highest BCUT2D eigenvalue weighted by Crippen LogP contribution is 2.32. The number of fused-ring (bicyclic) bond motifs is 1. The minimum atomic E-state index is 1.02. The molecule has 1 nitrogen and oxygen atoms in total.